The minimum atomic E-state index is 0. The highest BCUT2D eigenvalue weighted by Crippen LogP contribution is 2.29. The van der Waals surface area contributed by atoms with Crippen molar-refractivity contribution in [2.24, 2.45) is 4.99 Å². The fourth-order valence-electron chi connectivity index (χ4n) is 2.53. The molecule has 0 unspecified atom stereocenters. The molecular formula is C21H30IN3O3. The van der Waals surface area contributed by atoms with Gasteiger partial charge in [-0.2, -0.15) is 0 Å². The van der Waals surface area contributed by atoms with Gasteiger partial charge in [-0.15, -0.1) is 24.0 Å². The van der Waals surface area contributed by atoms with Crippen LogP contribution < -0.4 is 20.1 Å². The van der Waals surface area contributed by atoms with Crippen molar-refractivity contribution in [3.05, 3.63) is 54.1 Å². The number of benzene rings is 2. The Morgan fingerprint density at radius 2 is 1.71 bits per heavy atom. The van der Waals surface area contributed by atoms with Gasteiger partial charge in [0.25, 0.3) is 0 Å². The number of ether oxygens (including phenoxy) is 3. The molecule has 0 bridgehead atoms. The van der Waals surface area contributed by atoms with Crippen LogP contribution in [0.1, 0.15) is 18.4 Å². The van der Waals surface area contributed by atoms with E-state index in [1.807, 2.05) is 36.4 Å². The normalized spacial score (nSPS) is 10.8. The van der Waals surface area contributed by atoms with Crippen LogP contribution in [0.5, 0.6) is 11.5 Å². The second kappa shape index (κ2) is 14.1. The Hall–Kier alpha value is -2.00. The number of guanidine groups is 1. The molecule has 0 atom stereocenters. The summed E-state index contributed by atoms with van der Waals surface area (Å²) in [5.74, 6) is 2.09. The highest BCUT2D eigenvalue weighted by atomic mass is 127. The lowest BCUT2D eigenvalue weighted by Crippen LogP contribution is -2.31. The Bertz CT molecular complexity index is 711. The van der Waals surface area contributed by atoms with Gasteiger partial charge in [-0.3, -0.25) is 4.99 Å². The number of aliphatic imine (C=N–C) groups is 1. The van der Waals surface area contributed by atoms with E-state index in [-0.39, 0.29) is 24.0 Å². The van der Waals surface area contributed by atoms with E-state index < -0.39 is 0 Å². The SMILES string of the molecule is CN=C(NCCCCOCc1ccccc1)Nc1ccc(OC)c(OC)c1.I. The van der Waals surface area contributed by atoms with Crippen LogP contribution in [0, 0.1) is 0 Å². The minimum absolute atomic E-state index is 0. The average Bonchev–Trinajstić information content (AvgIpc) is 2.72. The van der Waals surface area contributed by atoms with Crippen molar-refractivity contribution in [2.75, 3.05) is 39.7 Å². The average molecular weight is 499 g/mol. The zero-order valence-electron chi connectivity index (χ0n) is 16.7. The first-order chi connectivity index (χ1) is 13.3. The number of nitrogens with one attached hydrogen (secondary N) is 2. The lowest BCUT2D eigenvalue weighted by Gasteiger charge is -2.14. The number of unbranched alkanes of at least 4 members (excludes halogenated alkanes) is 1. The summed E-state index contributed by atoms with van der Waals surface area (Å²) >= 11 is 0. The molecule has 28 heavy (non-hydrogen) atoms. The fraction of sp³-hybridized carbons (Fsp3) is 0.381. The lowest BCUT2D eigenvalue weighted by molar-refractivity contribution is 0.117. The van der Waals surface area contributed by atoms with Gasteiger partial charge >= 0.3 is 0 Å². The summed E-state index contributed by atoms with van der Waals surface area (Å²) in [4.78, 5) is 4.25. The van der Waals surface area contributed by atoms with E-state index in [2.05, 4.69) is 27.8 Å². The molecule has 154 valence electrons. The van der Waals surface area contributed by atoms with Crippen LogP contribution in [-0.2, 0) is 11.3 Å². The van der Waals surface area contributed by atoms with Crippen molar-refractivity contribution in [3.8, 4) is 11.5 Å². The molecule has 0 heterocycles. The fourth-order valence-corrected chi connectivity index (χ4v) is 2.53. The molecule has 0 aliphatic rings. The molecule has 2 N–H and O–H groups in total. The van der Waals surface area contributed by atoms with Gasteiger partial charge < -0.3 is 24.8 Å². The maximum Gasteiger partial charge on any atom is 0.195 e. The Morgan fingerprint density at radius 1 is 0.964 bits per heavy atom. The van der Waals surface area contributed by atoms with Crippen LogP contribution in [0.2, 0.25) is 0 Å². The van der Waals surface area contributed by atoms with Crippen molar-refractivity contribution in [1.82, 2.24) is 5.32 Å². The van der Waals surface area contributed by atoms with Crippen molar-refractivity contribution >= 4 is 35.6 Å². The van der Waals surface area contributed by atoms with E-state index in [1.165, 1.54) is 5.56 Å². The van der Waals surface area contributed by atoms with Gasteiger partial charge in [0, 0.05) is 32.0 Å². The predicted molar refractivity (Wildman–Crippen MR) is 125 cm³/mol. The summed E-state index contributed by atoms with van der Waals surface area (Å²) in [5.41, 5.74) is 2.09. The van der Waals surface area contributed by atoms with E-state index in [1.54, 1.807) is 21.3 Å². The molecule has 2 rings (SSSR count). The number of hydrogen-bond acceptors (Lipinski definition) is 4. The molecule has 0 aliphatic heterocycles. The molecule has 6 nitrogen and oxygen atoms in total. The van der Waals surface area contributed by atoms with E-state index in [0.29, 0.717) is 24.1 Å². The van der Waals surface area contributed by atoms with Crippen molar-refractivity contribution in [2.45, 2.75) is 19.4 Å². The standard InChI is InChI=1S/C21H29N3O3.HI/c1-22-21(24-18-11-12-19(25-2)20(15-18)26-3)23-13-7-8-14-27-16-17-9-5-4-6-10-17;/h4-6,9-12,15H,7-8,13-14,16H2,1-3H3,(H2,22,23,24);1H. The summed E-state index contributed by atoms with van der Waals surface area (Å²) in [7, 11) is 4.99. The Labute approximate surface area is 184 Å². The summed E-state index contributed by atoms with van der Waals surface area (Å²) in [5, 5.41) is 6.55. The molecule has 0 radical (unpaired) electrons. The highest BCUT2D eigenvalue weighted by Gasteiger charge is 2.06. The molecule has 0 amide bonds. The second-order valence-corrected chi connectivity index (χ2v) is 5.94. The van der Waals surface area contributed by atoms with Gasteiger partial charge in [0.2, 0.25) is 0 Å². The molecule has 0 spiro atoms. The smallest absolute Gasteiger partial charge is 0.195 e. The molecular weight excluding hydrogens is 469 g/mol. The Kier molecular flexibility index (Phi) is 12.1. The highest BCUT2D eigenvalue weighted by molar-refractivity contribution is 14.0. The Morgan fingerprint density at radius 3 is 2.39 bits per heavy atom. The predicted octanol–water partition coefficient (Wildman–Crippen LogP) is 4.31. The molecule has 0 aliphatic carbocycles. The molecule has 0 fully saturated rings. The van der Waals surface area contributed by atoms with Gasteiger partial charge in [-0.25, -0.2) is 0 Å². The van der Waals surface area contributed by atoms with Gasteiger partial charge in [0.1, 0.15) is 0 Å². The van der Waals surface area contributed by atoms with Crippen molar-refractivity contribution < 1.29 is 14.2 Å². The van der Waals surface area contributed by atoms with Crippen molar-refractivity contribution in [3.63, 3.8) is 0 Å². The third-order valence-electron chi connectivity index (χ3n) is 3.99. The summed E-state index contributed by atoms with van der Waals surface area (Å²) in [6, 6.07) is 15.9. The Balaban J connectivity index is 0.00000392. The maximum atomic E-state index is 5.70. The number of anilines is 1. The number of nitrogens with zero attached hydrogens (tertiary/aromatic N) is 1. The van der Waals surface area contributed by atoms with Crippen LogP contribution in [0.4, 0.5) is 5.69 Å². The van der Waals surface area contributed by atoms with Crippen LogP contribution in [0.25, 0.3) is 0 Å². The van der Waals surface area contributed by atoms with Crippen molar-refractivity contribution in [1.29, 1.82) is 0 Å². The monoisotopic (exact) mass is 499 g/mol. The summed E-state index contributed by atoms with van der Waals surface area (Å²) in [6.07, 6.45) is 1.99. The van der Waals surface area contributed by atoms with Crippen LogP contribution >= 0.6 is 24.0 Å². The van der Waals surface area contributed by atoms with Crippen LogP contribution in [-0.4, -0.2) is 40.4 Å². The summed E-state index contributed by atoms with van der Waals surface area (Å²) in [6.45, 7) is 2.23. The second-order valence-electron chi connectivity index (χ2n) is 5.94. The van der Waals surface area contributed by atoms with E-state index in [9.17, 15) is 0 Å². The quantitative estimate of drug-likeness (QED) is 0.221. The lowest BCUT2D eigenvalue weighted by atomic mass is 10.2. The molecule has 2 aromatic rings. The number of hydrogen-bond donors (Lipinski definition) is 2. The maximum absolute atomic E-state index is 5.70. The third-order valence-corrected chi connectivity index (χ3v) is 3.99. The zero-order valence-corrected chi connectivity index (χ0v) is 19.1. The zero-order chi connectivity index (χ0) is 19.3. The largest absolute Gasteiger partial charge is 0.493 e. The number of rotatable bonds is 10. The van der Waals surface area contributed by atoms with Gasteiger partial charge in [0.05, 0.1) is 20.8 Å². The van der Waals surface area contributed by atoms with Crippen LogP contribution in [0.3, 0.4) is 0 Å². The minimum Gasteiger partial charge on any atom is -0.493 e. The third kappa shape index (κ3) is 8.35. The summed E-state index contributed by atoms with van der Waals surface area (Å²) < 4.78 is 16.3. The topological polar surface area (TPSA) is 64.1 Å². The molecule has 0 aromatic heterocycles. The number of methoxy groups -OCH3 is 2. The molecule has 0 saturated heterocycles. The van der Waals surface area contributed by atoms with Gasteiger partial charge in [-0.1, -0.05) is 30.3 Å². The first-order valence-electron chi connectivity index (χ1n) is 9.08. The van der Waals surface area contributed by atoms with E-state index in [4.69, 9.17) is 14.2 Å². The molecule has 7 heteroatoms. The molecule has 0 saturated carbocycles. The van der Waals surface area contributed by atoms with Gasteiger partial charge in [0.15, 0.2) is 17.5 Å². The first-order valence-corrected chi connectivity index (χ1v) is 9.08. The van der Waals surface area contributed by atoms with E-state index >= 15 is 0 Å². The van der Waals surface area contributed by atoms with E-state index in [0.717, 1.165) is 31.7 Å². The number of halogens is 1. The first kappa shape index (κ1) is 24.0. The molecule has 2 aromatic carbocycles. The van der Waals surface area contributed by atoms with Gasteiger partial charge in [-0.05, 0) is 30.5 Å². The van der Waals surface area contributed by atoms with Crippen LogP contribution in [0.15, 0.2) is 53.5 Å².